The summed E-state index contributed by atoms with van der Waals surface area (Å²) in [5, 5.41) is 0.533. The summed E-state index contributed by atoms with van der Waals surface area (Å²) >= 11 is 11.7. The minimum Gasteiger partial charge on any atom is -0.293 e. The standard InChI is InChI=1S/C15H12Cl2O3S/c1-10-4-2-3-5-15(10)21(19,20)9-14(18)12-7-6-11(16)8-13(12)17/h2-8H,9H2,1H3. The van der Waals surface area contributed by atoms with Crippen molar-refractivity contribution < 1.29 is 13.2 Å². The second kappa shape index (κ2) is 6.18. The Morgan fingerprint density at radius 1 is 1.10 bits per heavy atom. The Morgan fingerprint density at radius 3 is 2.38 bits per heavy atom. The van der Waals surface area contributed by atoms with Crippen molar-refractivity contribution in [1.82, 2.24) is 0 Å². The number of benzene rings is 2. The molecule has 0 bridgehead atoms. The van der Waals surface area contributed by atoms with Crippen molar-refractivity contribution in [2.24, 2.45) is 0 Å². The second-order valence-corrected chi connectivity index (χ2v) is 7.37. The number of hydrogen-bond acceptors (Lipinski definition) is 3. The predicted octanol–water partition coefficient (Wildman–Crippen LogP) is 3.96. The number of Topliss-reactive ketones (excluding diaryl/α,β-unsaturated/α-hetero) is 1. The van der Waals surface area contributed by atoms with Gasteiger partial charge < -0.3 is 0 Å². The van der Waals surface area contributed by atoms with Gasteiger partial charge in [-0.15, -0.1) is 0 Å². The molecule has 0 aliphatic carbocycles. The van der Waals surface area contributed by atoms with E-state index in [1.165, 1.54) is 24.3 Å². The lowest BCUT2D eigenvalue weighted by atomic mass is 10.1. The van der Waals surface area contributed by atoms with Gasteiger partial charge >= 0.3 is 0 Å². The fourth-order valence-electron chi connectivity index (χ4n) is 1.95. The fraction of sp³-hybridized carbons (Fsp3) is 0.133. The van der Waals surface area contributed by atoms with Gasteiger partial charge in [0, 0.05) is 10.6 Å². The summed E-state index contributed by atoms with van der Waals surface area (Å²) in [6.07, 6.45) is 0. The van der Waals surface area contributed by atoms with Crippen LogP contribution < -0.4 is 0 Å². The van der Waals surface area contributed by atoms with Crippen LogP contribution in [-0.4, -0.2) is 20.0 Å². The van der Waals surface area contributed by atoms with Crippen molar-refractivity contribution in [1.29, 1.82) is 0 Å². The molecular formula is C15H12Cl2O3S. The van der Waals surface area contributed by atoms with Crippen LogP contribution in [-0.2, 0) is 9.84 Å². The van der Waals surface area contributed by atoms with Gasteiger partial charge in [-0.05, 0) is 36.8 Å². The van der Waals surface area contributed by atoms with E-state index in [1.807, 2.05) is 0 Å². The van der Waals surface area contributed by atoms with Gasteiger partial charge in [-0.3, -0.25) is 4.79 Å². The first-order valence-corrected chi connectivity index (χ1v) is 8.49. The van der Waals surface area contributed by atoms with E-state index in [0.717, 1.165) is 0 Å². The maximum absolute atomic E-state index is 12.3. The van der Waals surface area contributed by atoms with E-state index in [-0.39, 0.29) is 15.5 Å². The molecule has 0 N–H and O–H groups in total. The minimum atomic E-state index is -3.71. The van der Waals surface area contributed by atoms with Crippen LogP contribution in [0.5, 0.6) is 0 Å². The first-order valence-electron chi connectivity index (χ1n) is 6.08. The van der Waals surface area contributed by atoms with Crippen LogP contribution in [0.4, 0.5) is 0 Å². The first kappa shape index (κ1) is 16.0. The highest BCUT2D eigenvalue weighted by atomic mass is 35.5. The lowest BCUT2D eigenvalue weighted by Crippen LogP contribution is -2.17. The van der Waals surface area contributed by atoms with Gasteiger partial charge in [-0.1, -0.05) is 41.4 Å². The normalized spacial score (nSPS) is 11.4. The van der Waals surface area contributed by atoms with Crippen molar-refractivity contribution in [3.8, 4) is 0 Å². The molecule has 0 heterocycles. The van der Waals surface area contributed by atoms with Crippen LogP contribution in [0.3, 0.4) is 0 Å². The largest absolute Gasteiger partial charge is 0.293 e. The van der Waals surface area contributed by atoms with Crippen molar-refractivity contribution >= 4 is 38.8 Å². The Kier molecular flexibility index (Phi) is 4.71. The number of aryl methyl sites for hydroxylation is 1. The molecule has 2 aromatic carbocycles. The number of rotatable bonds is 4. The third-order valence-electron chi connectivity index (χ3n) is 2.98. The maximum Gasteiger partial charge on any atom is 0.186 e. The van der Waals surface area contributed by atoms with Crippen LogP contribution in [0.15, 0.2) is 47.4 Å². The van der Waals surface area contributed by atoms with Gasteiger partial charge in [0.05, 0.1) is 9.92 Å². The zero-order valence-corrected chi connectivity index (χ0v) is 13.5. The molecule has 0 spiro atoms. The summed E-state index contributed by atoms with van der Waals surface area (Å²) in [5.41, 5.74) is 0.755. The number of carbonyl (C=O) groups is 1. The smallest absolute Gasteiger partial charge is 0.186 e. The van der Waals surface area contributed by atoms with Crippen LogP contribution >= 0.6 is 23.2 Å². The molecule has 110 valence electrons. The Hall–Kier alpha value is -1.36. The Balaban J connectivity index is 2.33. The van der Waals surface area contributed by atoms with Crippen molar-refractivity contribution in [3.63, 3.8) is 0 Å². The highest BCUT2D eigenvalue weighted by Crippen LogP contribution is 2.23. The van der Waals surface area contributed by atoms with E-state index in [9.17, 15) is 13.2 Å². The topological polar surface area (TPSA) is 51.2 Å². The number of halogens is 2. The van der Waals surface area contributed by atoms with E-state index in [2.05, 4.69) is 0 Å². The summed E-state index contributed by atoms with van der Waals surface area (Å²) in [7, 11) is -3.71. The molecular weight excluding hydrogens is 331 g/mol. The quantitative estimate of drug-likeness (QED) is 0.790. The molecule has 2 rings (SSSR count). The molecule has 21 heavy (non-hydrogen) atoms. The molecule has 6 heteroatoms. The first-order chi connectivity index (χ1) is 9.81. The molecule has 0 saturated carbocycles. The van der Waals surface area contributed by atoms with Gasteiger partial charge in [-0.2, -0.15) is 0 Å². The molecule has 2 aromatic rings. The number of ketones is 1. The molecule has 0 amide bonds. The summed E-state index contributed by atoms with van der Waals surface area (Å²) < 4.78 is 24.7. The molecule has 0 aliphatic heterocycles. The molecule has 0 aromatic heterocycles. The molecule has 3 nitrogen and oxygen atoms in total. The summed E-state index contributed by atoms with van der Waals surface area (Å²) in [4.78, 5) is 12.3. The Morgan fingerprint density at radius 2 is 1.76 bits per heavy atom. The second-order valence-electron chi connectivity index (χ2n) is 4.57. The lowest BCUT2D eigenvalue weighted by molar-refractivity contribution is 0.102. The van der Waals surface area contributed by atoms with E-state index in [0.29, 0.717) is 10.6 Å². The van der Waals surface area contributed by atoms with Gasteiger partial charge in [0.2, 0.25) is 0 Å². The summed E-state index contributed by atoms with van der Waals surface area (Å²) in [6.45, 7) is 1.69. The SMILES string of the molecule is Cc1ccccc1S(=O)(=O)CC(=O)c1ccc(Cl)cc1Cl. The molecule has 0 saturated heterocycles. The third kappa shape index (κ3) is 3.64. The monoisotopic (exact) mass is 342 g/mol. The number of carbonyl (C=O) groups excluding carboxylic acids is 1. The van der Waals surface area contributed by atoms with Crippen LogP contribution in [0.25, 0.3) is 0 Å². The zero-order chi connectivity index (χ0) is 15.6. The van der Waals surface area contributed by atoms with Crippen molar-refractivity contribution in [2.45, 2.75) is 11.8 Å². The van der Waals surface area contributed by atoms with Crippen LogP contribution in [0, 0.1) is 6.92 Å². The Labute approximate surface area is 133 Å². The highest BCUT2D eigenvalue weighted by molar-refractivity contribution is 7.92. The average molecular weight is 343 g/mol. The highest BCUT2D eigenvalue weighted by Gasteiger charge is 2.23. The van der Waals surface area contributed by atoms with Crippen LogP contribution in [0.1, 0.15) is 15.9 Å². The molecule has 0 fully saturated rings. The van der Waals surface area contributed by atoms with Crippen molar-refractivity contribution in [2.75, 3.05) is 5.75 Å². The average Bonchev–Trinajstić information content (AvgIpc) is 2.38. The maximum atomic E-state index is 12.3. The van der Waals surface area contributed by atoms with Gasteiger partial charge in [0.15, 0.2) is 15.6 Å². The summed E-state index contributed by atoms with van der Waals surface area (Å²) in [5.74, 6) is -1.18. The summed E-state index contributed by atoms with van der Waals surface area (Å²) in [6, 6.07) is 10.9. The molecule has 0 radical (unpaired) electrons. The van der Waals surface area contributed by atoms with E-state index < -0.39 is 21.4 Å². The number of sulfone groups is 1. The fourth-order valence-corrected chi connectivity index (χ4v) is 3.96. The molecule has 0 aliphatic rings. The van der Waals surface area contributed by atoms with Crippen molar-refractivity contribution in [3.05, 3.63) is 63.6 Å². The van der Waals surface area contributed by atoms with Gasteiger partial charge in [0.1, 0.15) is 5.75 Å². The van der Waals surface area contributed by atoms with E-state index >= 15 is 0 Å². The zero-order valence-electron chi connectivity index (χ0n) is 11.1. The Bertz CT molecular complexity index is 798. The minimum absolute atomic E-state index is 0.146. The molecule has 0 unspecified atom stereocenters. The van der Waals surface area contributed by atoms with Crippen LogP contribution in [0.2, 0.25) is 10.0 Å². The predicted molar refractivity (Wildman–Crippen MR) is 84.0 cm³/mol. The lowest BCUT2D eigenvalue weighted by Gasteiger charge is -2.08. The van der Waals surface area contributed by atoms with E-state index in [1.54, 1.807) is 25.1 Å². The van der Waals surface area contributed by atoms with Gasteiger partial charge in [-0.25, -0.2) is 8.42 Å². The van der Waals surface area contributed by atoms with Gasteiger partial charge in [0.25, 0.3) is 0 Å². The third-order valence-corrected chi connectivity index (χ3v) is 5.30. The molecule has 0 atom stereocenters. The van der Waals surface area contributed by atoms with E-state index in [4.69, 9.17) is 23.2 Å². The number of hydrogen-bond donors (Lipinski definition) is 0.